The van der Waals surface area contributed by atoms with Crippen molar-refractivity contribution in [3.8, 4) is 0 Å². The summed E-state index contributed by atoms with van der Waals surface area (Å²) in [4.78, 5) is 5.29. The van der Waals surface area contributed by atoms with E-state index in [1.165, 1.54) is 64.0 Å². The van der Waals surface area contributed by atoms with E-state index in [9.17, 15) is 0 Å². The van der Waals surface area contributed by atoms with Crippen molar-refractivity contribution in [2.45, 2.75) is 44.7 Å². The smallest absolute Gasteiger partial charge is 0.0504 e. The van der Waals surface area contributed by atoms with Crippen LogP contribution in [0.1, 0.15) is 44.2 Å². The minimum atomic E-state index is 0.203. The standard InChI is InChI=1S/C17H29N3S/c1-14(18)17(16-6-11-21-13-16)20-9-4-15(5-10-20)12-19-7-2-3-8-19/h6,11,13-15,17H,2-5,7-10,12,18H2,1H3. The predicted molar refractivity (Wildman–Crippen MR) is 90.7 cm³/mol. The fourth-order valence-corrected chi connectivity index (χ4v) is 4.72. The summed E-state index contributed by atoms with van der Waals surface area (Å²) in [5.41, 5.74) is 7.69. The van der Waals surface area contributed by atoms with Crippen LogP contribution in [0.5, 0.6) is 0 Å². The summed E-state index contributed by atoms with van der Waals surface area (Å²) < 4.78 is 0. The summed E-state index contributed by atoms with van der Waals surface area (Å²) in [5.74, 6) is 0.899. The van der Waals surface area contributed by atoms with Crippen LogP contribution in [0, 0.1) is 5.92 Å². The van der Waals surface area contributed by atoms with Crippen LogP contribution in [0.3, 0.4) is 0 Å². The van der Waals surface area contributed by atoms with Gasteiger partial charge < -0.3 is 10.6 Å². The Balaban J connectivity index is 1.54. The molecule has 2 fully saturated rings. The van der Waals surface area contributed by atoms with Gasteiger partial charge in [-0.05, 0) is 87.1 Å². The zero-order valence-corrected chi connectivity index (χ0v) is 14.0. The first-order chi connectivity index (χ1) is 10.2. The van der Waals surface area contributed by atoms with E-state index >= 15 is 0 Å². The second-order valence-electron chi connectivity index (χ2n) is 6.85. The molecule has 2 atom stereocenters. The Morgan fingerprint density at radius 1 is 1.24 bits per heavy atom. The fraction of sp³-hybridized carbons (Fsp3) is 0.765. The number of nitrogens with two attached hydrogens (primary N) is 1. The lowest BCUT2D eigenvalue weighted by Crippen LogP contribution is -2.45. The molecule has 21 heavy (non-hydrogen) atoms. The van der Waals surface area contributed by atoms with Gasteiger partial charge in [0.1, 0.15) is 0 Å². The lowest BCUT2D eigenvalue weighted by Gasteiger charge is -2.40. The maximum atomic E-state index is 6.28. The van der Waals surface area contributed by atoms with Crippen molar-refractivity contribution in [3.05, 3.63) is 22.4 Å². The third-order valence-corrected chi connectivity index (χ3v) is 5.84. The number of hydrogen-bond acceptors (Lipinski definition) is 4. The molecule has 2 N–H and O–H groups in total. The summed E-state index contributed by atoms with van der Waals surface area (Å²) in [5, 5.41) is 4.44. The van der Waals surface area contributed by atoms with Crippen molar-refractivity contribution in [3.63, 3.8) is 0 Å². The third-order valence-electron chi connectivity index (χ3n) is 5.14. The van der Waals surface area contributed by atoms with E-state index < -0.39 is 0 Å². The van der Waals surface area contributed by atoms with E-state index in [1.807, 2.05) is 0 Å². The van der Waals surface area contributed by atoms with Crippen LogP contribution in [0.25, 0.3) is 0 Å². The molecule has 0 aromatic carbocycles. The molecule has 2 saturated heterocycles. The Hall–Kier alpha value is -0.420. The Kier molecular flexibility index (Phi) is 5.33. The SMILES string of the molecule is CC(N)C(c1ccsc1)N1CCC(CN2CCCC2)CC1. The number of nitrogens with zero attached hydrogens (tertiary/aromatic N) is 2. The molecule has 3 rings (SSSR count). The molecule has 0 aliphatic carbocycles. The second-order valence-corrected chi connectivity index (χ2v) is 7.63. The molecule has 3 nitrogen and oxygen atoms in total. The van der Waals surface area contributed by atoms with Gasteiger partial charge in [-0.25, -0.2) is 0 Å². The Morgan fingerprint density at radius 3 is 2.52 bits per heavy atom. The van der Waals surface area contributed by atoms with Crippen molar-refractivity contribution in [2.24, 2.45) is 11.7 Å². The highest BCUT2D eigenvalue weighted by Crippen LogP contribution is 2.30. The minimum Gasteiger partial charge on any atom is -0.326 e. The molecular weight excluding hydrogens is 278 g/mol. The molecular formula is C17H29N3S. The van der Waals surface area contributed by atoms with E-state index in [4.69, 9.17) is 5.73 Å². The van der Waals surface area contributed by atoms with Crippen molar-refractivity contribution < 1.29 is 0 Å². The quantitative estimate of drug-likeness (QED) is 0.908. The van der Waals surface area contributed by atoms with Gasteiger partial charge in [-0.15, -0.1) is 0 Å². The normalized spacial score (nSPS) is 25.2. The molecule has 0 saturated carbocycles. The van der Waals surface area contributed by atoms with Gasteiger partial charge in [0.2, 0.25) is 0 Å². The molecule has 2 aliphatic heterocycles. The molecule has 118 valence electrons. The monoisotopic (exact) mass is 307 g/mol. The summed E-state index contributed by atoms with van der Waals surface area (Å²) in [7, 11) is 0. The van der Waals surface area contributed by atoms with Crippen LogP contribution in [0.4, 0.5) is 0 Å². The number of thiophene rings is 1. The zero-order chi connectivity index (χ0) is 14.7. The van der Waals surface area contributed by atoms with Crippen LogP contribution < -0.4 is 5.73 Å². The minimum absolute atomic E-state index is 0.203. The van der Waals surface area contributed by atoms with Crippen LogP contribution in [0.15, 0.2) is 16.8 Å². The van der Waals surface area contributed by atoms with Gasteiger partial charge in [-0.3, -0.25) is 4.90 Å². The predicted octanol–water partition coefficient (Wildman–Crippen LogP) is 2.94. The molecule has 0 amide bonds. The van der Waals surface area contributed by atoms with Crippen molar-refractivity contribution in [1.29, 1.82) is 0 Å². The molecule has 1 aromatic rings. The van der Waals surface area contributed by atoms with Gasteiger partial charge in [0.05, 0.1) is 6.04 Å². The maximum Gasteiger partial charge on any atom is 0.0504 e. The molecule has 0 spiro atoms. The average molecular weight is 308 g/mol. The summed E-state index contributed by atoms with van der Waals surface area (Å²) in [6.07, 6.45) is 5.49. The van der Waals surface area contributed by atoms with Crippen LogP contribution in [-0.2, 0) is 0 Å². The highest BCUT2D eigenvalue weighted by molar-refractivity contribution is 7.07. The van der Waals surface area contributed by atoms with E-state index in [1.54, 1.807) is 11.3 Å². The fourth-order valence-electron chi connectivity index (χ4n) is 4.03. The first-order valence-electron chi connectivity index (χ1n) is 8.48. The van der Waals surface area contributed by atoms with E-state index in [0.29, 0.717) is 6.04 Å². The van der Waals surface area contributed by atoms with Gasteiger partial charge in [0.25, 0.3) is 0 Å². The number of hydrogen-bond donors (Lipinski definition) is 1. The maximum absolute atomic E-state index is 6.28. The van der Waals surface area contributed by atoms with Crippen LogP contribution >= 0.6 is 11.3 Å². The first kappa shape index (κ1) is 15.5. The molecule has 3 heterocycles. The first-order valence-corrected chi connectivity index (χ1v) is 9.42. The van der Waals surface area contributed by atoms with Crippen LogP contribution in [-0.4, -0.2) is 48.6 Å². The van der Waals surface area contributed by atoms with Gasteiger partial charge in [0.15, 0.2) is 0 Å². The van der Waals surface area contributed by atoms with Crippen molar-refractivity contribution >= 4 is 11.3 Å². The molecule has 2 aliphatic rings. The lowest BCUT2D eigenvalue weighted by atomic mass is 9.92. The van der Waals surface area contributed by atoms with Gasteiger partial charge in [-0.2, -0.15) is 11.3 Å². The molecule has 0 bridgehead atoms. The van der Waals surface area contributed by atoms with Crippen LogP contribution in [0.2, 0.25) is 0 Å². The largest absolute Gasteiger partial charge is 0.326 e. The Bertz CT molecular complexity index is 404. The Morgan fingerprint density at radius 2 is 1.95 bits per heavy atom. The Labute approximate surface area is 133 Å². The highest BCUT2D eigenvalue weighted by Gasteiger charge is 2.29. The topological polar surface area (TPSA) is 32.5 Å². The second kappa shape index (κ2) is 7.23. The lowest BCUT2D eigenvalue weighted by molar-refractivity contribution is 0.104. The number of likely N-dealkylation sites (tertiary alicyclic amines) is 2. The summed E-state index contributed by atoms with van der Waals surface area (Å²) in [6, 6.07) is 2.85. The van der Waals surface area contributed by atoms with Gasteiger partial charge in [-0.1, -0.05) is 0 Å². The van der Waals surface area contributed by atoms with E-state index in [2.05, 4.69) is 33.6 Å². The summed E-state index contributed by atoms with van der Waals surface area (Å²) in [6.45, 7) is 8.56. The molecule has 1 aromatic heterocycles. The summed E-state index contributed by atoms with van der Waals surface area (Å²) >= 11 is 1.78. The third kappa shape index (κ3) is 3.86. The van der Waals surface area contributed by atoms with Gasteiger partial charge >= 0.3 is 0 Å². The highest BCUT2D eigenvalue weighted by atomic mass is 32.1. The molecule has 2 unspecified atom stereocenters. The number of piperidine rings is 1. The van der Waals surface area contributed by atoms with E-state index in [0.717, 1.165) is 5.92 Å². The van der Waals surface area contributed by atoms with Crippen molar-refractivity contribution in [2.75, 3.05) is 32.7 Å². The zero-order valence-electron chi connectivity index (χ0n) is 13.2. The average Bonchev–Trinajstić information content (AvgIpc) is 3.14. The van der Waals surface area contributed by atoms with Gasteiger partial charge in [0, 0.05) is 12.6 Å². The molecule has 4 heteroatoms. The van der Waals surface area contributed by atoms with E-state index in [-0.39, 0.29) is 6.04 Å². The number of rotatable bonds is 5. The molecule has 0 radical (unpaired) electrons. The van der Waals surface area contributed by atoms with Crippen molar-refractivity contribution in [1.82, 2.24) is 9.80 Å².